The lowest BCUT2D eigenvalue weighted by Crippen LogP contribution is -2.31. The molecule has 1 heterocycles. The van der Waals surface area contributed by atoms with Gasteiger partial charge in [0.25, 0.3) is 0 Å². The van der Waals surface area contributed by atoms with Gasteiger partial charge in [-0.15, -0.1) is 0 Å². The third-order valence-electron chi connectivity index (χ3n) is 4.44. The van der Waals surface area contributed by atoms with Crippen molar-refractivity contribution >= 4 is 21.6 Å². The molecule has 0 radical (unpaired) electrons. The smallest absolute Gasteiger partial charge is 0.242 e. The Morgan fingerprint density at radius 3 is 2.69 bits per heavy atom. The highest BCUT2D eigenvalue weighted by molar-refractivity contribution is 7.89. The van der Waals surface area contributed by atoms with E-state index >= 15 is 0 Å². The first kappa shape index (κ1) is 18.4. The van der Waals surface area contributed by atoms with Crippen molar-refractivity contribution in [2.24, 2.45) is 0 Å². The fourth-order valence-electron chi connectivity index (χ4n) is 2.82. The molecule has 0 fully saturated rings. The molecule has 0 atom stereocenters. The number of ether oxygens (including phenoxy) is 1. The first-order valence-electron chi connectivity index (χ1n) is 8.45. The number of hydrogen-bond acceptors (Lipinski definition) is 4. The summed E-state index contributed by atoms with van der Waals surface area (Å²) in [5.41, 5.74) is 2.54. The van der Waals surface area contributed by atoms with E-state index in [0.29, 0.717) is 18.5 Å². The summed E-state index contributed by atoms with van der Waals surface area (Å²) in [5.74, 6) is 0.710. The van der Waals surface area contributed by atoms with Crippen molar-refractivity contribution < 1.29 is 17.9 Å². The molecule has 0 aliphatic carbocycles. The van der Waals surface area contributed by atoms with Crippen LogP contribution < -0.4 is 10.1 Å². The number of para-hydroxylation sites is 1. The number of anilines is 1. The number of likely N-dealkylation sites (N-methyl/N-ethyl adjacent to an activating group) is 1. The van der Waals surface area contributed by atoms with Crippen LogP contribution in [0, 0.1) is 6.92 Å². The minimum Gasteiger partial charge on any atom is -0.492 e. The summed E-state index contributed by atoms with van der Waals surface area (Å²) in [6.07, 6.45) is 0.918. The normalized spacial score (nSPS) is 14.0. The van der Waals surface area contributed by atoms with Gasteiger partial charge in [0.1, 0.15) is 12.4 Å². The van der Waals surface area contributed by atoms with Crippen LogP contribution in [-0.4, -0.2) is 38.8 Å². The van der Waals surface area contributed by atoms with Crippen LogP contribution in [0.3, 0.4) is 0 Å². The number of rotatable bonds is 6. The molecule has 1 aliphatic rings. The van der Waals surface area contributed by atoms with Gasteiger partial charge >= 0.3 is 0 Å². The van der Waals surface area contributed by atoms with Gasteiger partial charge in [0.15, 0.2) is 0 Å². The van der Waals surface area contributed by atoms with Crippen molar-refractivity contribution in [2.75, 3.05) is 25.5 Å². The molecule has 1 N–H and O–H groups in total. The number of amides is 1. The number of carbonyl (C=O) groups is 1. The molecule has 0 bridgehead atoms. The van der Waals surface area contributed by atoms with Gasteiger partial charge in [-0.3, -0.25) is 4.79 Å². The van der Waals surface area contributed by atoms with Crippen molar-refractivity contribution in [3.63, 3.8) is 0 Å². The molecular weight excluding hydrogens is 352 g/mol. The van der Waals surface area contributed by atoms with Crippen molar-refractivity contribution in [1.29, 1.82) is 0 Å². The fraction of sp³-hybridized carbons (Fsp3) is 0.316. The van der Waals surface area contributed by atoms with Gasteiger partial charge in [-0.25, -0.2) is 8.42 Å². The molecule has 1 aliphatic heterocycles. The lowest BCUT2D eigenvalue weighted by molar-refractivity contribution is -0.116. The molecule has 6 nitrogen and oxygen atoms in total. The zero-order valence-electron chi connectivity index (χ0n) is 14.9. The molecular formula is C19H22N2O4S. The van der Waals surface area contributed by atoms with E-state index < -0.39 is 10.0 Å². The molecule has 0 aromatic heterocycles. The van der Waals surface area contributed by atoms with E-state index in [-0.39, 0.29) is 24.0 Å². The lowest BCUT2D eigenvalue weighted by Gasteiger charge is -2.21. The average Bonchev–Trinajstić information content (AvgIpc) is 2.62. The third kappa shape index (κ3) is 3.89. The number of hydrogen-bond donors (Lipinski definition) is 1. The Balaban J connectivity index is 1.67. The Kier molecular flexibility index (Phi) is 5.29. The number of carbonyl (C=O) groups excluding carboxylic acids is 1. The molecule has 138 valence electrons. The SMILES string of the molecule is Cc1ccccc1OCCN(C)S(=O)(=O)c1ccc2c(c1)CCC(=O)N2. The van der Waals surface area contributed by atoms with Gasteiger partial charge in [-0.2, -0.15) is 4.31 Å². The Morgan fingerprint density at radius 1 is 1.15 bits per heavy atom. The van der Waals surface area contributed by atoms with E-state index in [1.807, 2.05) is 31.2 Å². The summed E-state index contributed by atoms with van der Waals surface area (Å²) in [6.45, 7) is 2.45. The predicted molar refractivity (Wildman–Crippen MR) is 99.9 cm³/mol. The Labute approximate surface area is 153 Å². The zero-order chi connectivity index (χ0) is 18.7. The molecule has 3 rings (SSSR count). The maximum Gasteiger partial charge on any atom is 0.242 e. The van der Waals surface area contributed by atoms with Crippen LogP contribution >= 0.6 is 0 Å². The summed E-state index contributed by atoms with van der Waals surface area (Å²) in [5, 5.41) is 2.76. The predicted octanol–water partition coefficient (Wildman–Crippen LogP) is 2.58. The number of benzene rings is 2. The van der Waals surface area contributed by atoms with Crippen LogP contribution in [0.2, 0.25) is 0 Å². The van der Waals surface area contributed by atoms with Gasteiger partial charge in [-0.05, 0) is 48.7 Å². The fourth-order valence-corrected chi connectivity index (χ4v) is 4.03. The molecule has 0 unspecified atom stereocenters. The van der Waals surface area contributed by atoms with E-state index in [4.69, 9.17) is 4.74 Å². The lowest BCUT2D eigenvalue weighted by atomic mass is 10.0. The molecule has 0 spiro atoms. The van der Waals surface area contributed by atoms with E-state index in [9.17, 15) is 13.2 Å². The zero-order valence-corrected chi connectivity index (χ0v) is 15.7. The topological polar surface area (TPSA) is 75.7 Å². The molecule has 1 amide bonds. The number of aryl methyl sites for hydroxylation is 2. The highest BCUT2D eigenvalue weighted by atomic mass is 32.2. The van der Waals surface area contributed by atoms with E-state index in [1.165, 1.54) is 17.4 Å². The number of nitrogens with zero attached hydrogens (tertiary/aromatic N) is 1. The van der Waals surface area contributed by atoms with Crippen LogP contribution in [0.25, 0.3) is 0 Å². The molecule has 2 aromatic rings. The van der Waals surface area contributed by atoms with Crippen molar-refractivity contribution in [1.82, 2.24) is 4.31 Å². The van der Waals surface area contributed by atoms with E-state index in [1.54, 1.807) is 12.1 Å². The second-order valence-electron chi connectivity index (χ2n) is 6.31. The Bertz CT molecular complexity index is 925. The molecule has 7 heteroatoms. The Hall–Kier alpha value is -2.38. The molecule has 26 heavy (non-hydrogen) atoms. The maximum absolute atomic E-state index is 12.8. The summed E-state index contributed by atoms with van der Waals surface area (Å²) >= 11 is 0. The standard InChI is InChI=1S/C19H22N2O4S/c1-14-5-3-4-6-18(14)25-12-11-21(2)26(23,24)16-8-9-17-15(13-16)7-10-19(22)20-17/h3-6,8-9,13H,7,10-12H2,1-2H3,(H,20,22). The average molecular weight is 374 g/mol. The van der Waals surface area contributed by atoms with Crippen LogP contribution in [0.4, 0.5) is 5.69 Å². The van der Waals surface area contributed by atoms with Crippen molar-refractivity contribution in [3.05, 3.63) is 53.6 Å². The van der Waals surface area contributed by atoms with E-state index in [0.717, 1.165) is 16.9 Å². The Morgan fingerprint density at radius 2 is 1.92 bits per heavy atom. The van der Waals surface area contributed by atoms with Gasteiger partial charge in [-0.1, -0.05) is 18.2 Å². The minimum atomic E-state index is -3.61. The summed E-state index contributed by atoms with van der Waals surface area (Å²) in [7, 11) is -2.07. The first-order chi connectivity index (χ1) is 12.4. The third-order valence-corrected chi connectivity index (χ3v) is 6.29. The van der Waals surface area contributed by atoms with Crippen LogP contribution in [0.15, 0.2) is 47.4 Å². The van der Waals surface area contributed by atoms with Gasteiger partial charge < -0.3 is 10.1 Å². The highest BCUT2D eigenvalue weighted by Gasteiger charge is 2.23. The molecule has 0 saturated heterocycles. The summed E-state index contributed by atoms with van der Waals surface area (Å²) in [6, 6.07) is 12.4. The number of fused-ring (bicyclic) bond motifs is 1. The monoisotopic (exact) mass is 374 g/mol. The number of sulfonamides is 1. The summed E-state index contributed by atoms with van der Waals surface area (Å²) < 4.78 is 32.5. The van der Waals surface area contributed by atoms with Gasteiger partial charge in [0.2, 0.25) is 15.9 Å². The highest BCUT2D eigenvalue weighted by Crippen LogP contribution is 2.26. The second kappa shape index (κ2) is 7.47. The van der Waals surface area contributed by atoms with Crippen LogP contribution in [0.1, 0.15) is 17.5 Å². The first-order valence-corrected chi connectivity index (χ1v) is 9.89. The maximum atomic E-state index is 12.8. The molecule has 0 saturated carbocycles. The van der Waals surface area contributed by atoms with E-state index in [2.05, 4.69) is 5.32 Å². The van der Waals surface area contributed by atoms with Crippen molar-refractivity contribution in [2.45, 2.75) is 24.7 Å². The van der Waals surface area contributed by atoms with Gasteiger partial charge in [0, 0.05) is 25.7 Å². The summed E-state index contributed by atoms with van der Waals surface area (Å²) in [4.78, 5) is 11.7. The minimum absolute atomic E-state index is 0.0430. The van der Waals surface area contributed by atoms with Crippen LogP contribution in [0.5, 0.6) is 5.75 Å². The quantitative estimate of drug-likeness (QED) is 0.843. The van der Waals surface area contributed by atoms with Gasteiger partial charge in [0.05, 0.1) is 4.90 Å². The van der Waals surface area contributed by atoms with Crippen LogP contribution in [-0.2, 0) is 21.2 Å². The number of nitrogens with one attached hydrogen (secondary N) is 1. The van der Waals surface area contributed by atoms with Crippen molar-refractivity contribution in [3.8, 4) is 5.75 Å². The molecule has 2 aromatic carbocycles. The largest absolute Gasteiger partial charge is 0.492 e. The second-order valence-corrected chi connectivity index (χ2v) is 8.35.